The maximum Gasteiger partial charge on any atom is 0.347 e. The van der Waals surface area contributed by atoms with Gasteiger partial charge >= 0.3 is 5.97 Å². The molecule has 0 spiro atoms. The molecular formula is C21H26N2O6S. The van der Waals surface area contributed by atoms with E-state index in [1.165, 1.54) is 38.1 Å². The fourth-order valence-electron chi connectivity index (χ4n) is 2.41. The van der Waals surface area contributed by atoms with Crippen molar-refractivity contribution >= 4 is 27.6 Å². The van der Waals surface area contributed by atoms with Crippen LogP contribution >= 0.6 is 0 Å². The van der Waals surface area contributed by atoms with Crippen LogP contribution in [0.15, 0.2) is 59.5 Å². The molecule has 0 heterocycles. The van der Waals surface area contributed by atoms with Crippen LogP contribution in [-0.4, -0.2) is 38.5 Å². The van der Waals surface area contributed by atoms with Crippen LogP contribution in [0.25, 0.3) is 0 Å². The van der Waals surface area contributed by atoms with E-state index in [2.05, 4.69) is 10.0 Å². The van der Waals surface area contributed by atoms with Crippen LogP contribution in [0.5, 0.6) is 5.75 Å². The van der Waals surface area contributed by atoms with Gasteiger partial charge in [-0.15, -0.1) is 0 Å². The molecular weight excluding hydrogens is 408 g/mol. The number of sulfonamides is 1. The van der Waals surface area contributed by atoms with Crippen molar-refractivity contribution in [3.8, 4) is 5.75 Å². The summed E-state index contributed by atoms with van der Waals surface area (Å²) in [5.74, 6) is -0.713. The number of rotatable bonds is 9. The maximum absolute atomic E-state index is 12.3. The summed E-state index contributed by atoms with van der Waals surface area (Å²) >= 11 is 0. The SMILES string of the molecule is CC(C)NS(=O)(=O)c1ccc(NC(=O)[C@H](C)OC(=O)[C@H](C)Oc2ccccc2)cc1. The normalized spacial score (nSPS) is 13.4. The van der Waals surface area contributed by atoms with Crippen LogP contribution in [0.3, 0.4) is 0 Å². The van der Waals surface area contributed by atoms with Crippen molar-refractivity contribution in [2.45, 2.75) is 50.8 Å². The number of hydrogen-bond acceptors (Lipinski definition) is 6. The lowest BCUT2D eigenvalue weighted by molar-refractivity contribution is -0.159. The first-order chi connectivity index (χ1) is 14.1. The van der Waals surface area contributed by atoms with Crippen LogP contribution in [-0.2, 0) is 24.3 Å². The number of amides is 1. The molecule has 0 aliphatic heterocycles. The highest BCUT2D eigenvalue weighted by molar-refractivity contribution is 7.89. The average Bonchev–Trinajstić information content (AvgIpc) is 2.68. The second-order valence-electron chi connectivity index (χ2n) is 6.94. The zero-order valence-corrected chi connectivity index (χ0v) is 18.1. The summed E-state index contributed by atoms with van der Waals surface area (Å²) in [6.07, 6.45) is -1.95. The Hall–Kier alpha value is -2.91. The molecule has 0 bridgehead atoms. The lowest BCUT2D eigenvalue weighted by Crippen LogP contribution is -2.35. The molecule has 2 aromatic carbocycles. The van der Waals surface area contributed by atoms with E-state index in [1.54, 1.807) is 38.1 Å². The summed E-state index contributed by atoms with van der Waals surface area (Å²) in [5.41, 5.74) is 0.375. The van der Waals surface area contributed by atoms with Crippen LogP contribution < -0.4 is 14.8 Å². The van der Waals surface area contributed by atoms with Crippen molar-refractivity contribution in [2.24, 2.45) is 0 Å². The smallest absolute Gasteiger partial charge is 0.347 e. The zero-order valence-electron chi connectivity index (χ0n) is 17.3. The Labute approximate surface area is 176 Å². The summed E-state index contributed by atoms with van der Waals surface area (Å²) in [7, 11) is -3.62. The highest BCUT2D eigenvalue weighted by Crippen LogP contribution is 2.16. The molecule has 2 N–H and O–H groups in total. The van der Waals surface area contributed by atoms with Crippen molar-refractivity contribution in [1.82, 2.24) is 4.72 Å². The molecule has 0 radical (unpaired) electrons. The highest BCUT2D eigenvalue weighted by atomic mass is 32.2. The van der Waals surface area contributed by atoms with Crippen LogP contribution in [0, 0.1) is 0 Å². The Kier molecular flexibility index (Phi) is 7.96. The van der Waals surface area contributed by atoms with Gasteiger partial charge < -0.3 is 14.8 Å². The number of para-hydroxylation sites is 1. The minimum Gasteiger partial charge on any atom is -0.479 e. The molecule has 1 amide bonds. The van der Waals surface area contributed by atoms with Gasteiger partial charge in [0.05, 0.1) is 4.90 Å². The number of hydrogen-bond donors (Lipinski definition) is 2. The first kappa shape index (κ1) is 23.4. The lowest BCUT2D eigenvalue weighted by Gasteiger charge is -2.18. The van der Waals surface area contributed by atoms with Gasteiger partial charge in [0.1, 0.15) is 5.75 Å². The highest BCUT2D eigenvalue weighted by Gasteiger charge is 2.23. The minimum absolute atomic E-state index is 0.0839. The van der Waals surface area contributed by atoms with Crippen LogP contribution in [0.1, 0.15) is 27.7 Å². The molecule has 0 aromatic heterocycles. The second-order valence-corrected chi connectivity index (χ2v) is 8.66. The fourth-order valence-corrected chi connectivity index (χ4v) is 3.67. The number of anilines is 1. The Morgan fingerprint density at radius 2 is 1.47 bits per heavy atom. The average molecular weight is 435 g/mol. The number of ether oxygens (including phenoxy) is 2. The number of carbonyl (C=O) groups excluding carboxylic acids is 2. The molecule has 2 rings (SSSR count). The van der Waals surface area contributed by atoms with Gasteiger partial charge in [-0.25, -0.2) is 17.9 Å². The van der Waals surface area contributed by atoms with E-state index in [0.717, 1.165) is 0 Å². The standard InChI is InChI=1S/C21H26N2O6S/c1-14(2)23-30(26,27)19-12-10-17(11-13-19)22-20(24)15(3)29-21(25)16(4)28-18-8-6-5-7-9-18/h5-16,23H,1-4H3,(H,22,24)/t15-,16-/m0/s1. The Morgan fingerprint density at radius 1 is 0.867 bits per heavy atom. The molecule has 30 heavy (non-hydrogen) atoms. The van der Waals surface area contributed by atoms with Crippen molar-refractivity contribution in [2.75, 3.05) is 5.32 Å². The lowest BCUT2D eigenvalue weighted by atomic mass is 10.3. The quantitative estimate of drug-likeness (QED) is 0.587. The molecule has 0 aliphatic rings. The Morgan fingerprint density at radius 3 is 2.03 bits per heavy atom. The van der Waals surface area contributed by atoms with E-state index < -0.39 is 34.1 Å². The van der Waals surface area contributed by atoms with Crippen molar-refractivity contribution < 1.29 is 27.5 Å². The van der Waals surface area contributed by atoms with E-state index in [1.807, 2.05) is 6.07 Å². The van der Waals surface area contributed by atoms with Crippen molar-refractivity contribution in [3.05, 3.63) is 54.6 Å². The topological polar surface area (TPSA) is 111 Å². The Bertz CT molecular complexity index is 959. The van der Waals surface area contributed by atoms with Gasteiger partial charge in [-0.3, -0.25) is 4.79 Å². The largest absolute Gasteiger partial charge is 0.479 e. The summed E-state index contributed by atoms with van der Waals surface area (Å²) in [4.78, 5) is 24.5. The van der Waals surface area contributed by atoms with Crippen molar-refractivity contribution in [1.29, 1.82) is 0 Å². The molecule has 0 fully saturated rings. The number of nitrogens with one attached hydrogen (secondary N) is 2. The van der Waals surface area contributed by atoms with Gasteiger partial charge in [0.15, 0.2) is 12.2 Å². The van der Waals surface area contributed by atoms with Gasteiger partial charge in [-0.1, -0.05) is 18.2 Å². The summed E-state index contributed by atoms with van der Waals surface area (Å²) in [5, 5.41) is 2.58. The number of carbonyl (C=O) groups is 2. The van der Waals surface area contributed by atoms with Gasteiger partial charge in [0.2, 0.25) is 10.0 Å². The fraction of sp³-hybridized carbons (Fsp3) is 0.333. The maximum atomic E-state index is 12.3. The molecule has 0 unspecified atom stereocenters. The van der Waals surface area contributed by atoms with Gasteiger partial charge in [0, 0.05) is 11.7 Å². The van der Waals surface area contributed by atoms with Gasteiger partial charge in [-0.2, -0.15) is 0 Å². The third-order valence-corrected chi connectivity index (χ3v) is 5.55. The van der Waals surface area contributed by atoms with E-state index in [-0.39, 0.29) is 10.9 Å². The molecule has 8 nitrogen and oxygen atoms in total. The molecule has 162 valence electrons. The van der Waals surface area contributed by atoms with Crippen molar-refractivity contribution in [3.63, 3.8) is 0 Å². The van der Waals surface area contributed by atoms with Crippen LogP contribution in [0.4, 0.5) is 5.69 Å². The summed E-state index contributed by atoms with van der Waals surface area (Å²) < 4.78 is 37.4. The second kappa shape index (κ2) is 10.2. The summed E-state index contributed by atoms with van der Waals surface area (Å²) in [6, 6.07) is 14.2. The van der Waals surface area contributed by atoms with E-state index in [0.29, 0.717) is 11.4 Å². The molecule has 2 aromatic rings. The van der Waals surface area contributed by atoms with Gasteiger partial charge in [0.25, 0.3) is 5.91 Å². The molecule has 9 heteroatoms. The molecule has 0 saturated carbocycles. The van der Waals surface area contributed by atoms with Crippen LogP contribution in [0.2, 0.25) is 0 Å². The Balaban J connectivity index is 1.91. The monoisotopic (exact) mass is 434 g/mol. The van der Waals surface area contributed by atoms with E-state index in [4.69, 9.17) is 9.47 Å². The predicted molar refractivity (Wildman–Crippen MR) is 113 cm³/mol. The number of benzene rings is 2. The van der Waals surface area contributed by atoms with E-state index >= 15 is 0 Å². The van der Waals surface area contributed by atoms with E-state index in [9.17, 15) is 18.0 Å². The van der Waals surface area contributed by atoms with Gasteiger partial charge in [-0.05, 0) is 64.1 Å². The first-order valence-corrected chi connectivity index (χ1v) is 10.9. The molecule has 2 atom stereocenters. The third-order valence-electron chi connectivity index (χ3n) is 3.87. The number of esters is 1. The summed E-state index contributed by atoms with van der Waals surface area (Å²) in [6.45, 7) is 6.42. The molecule has 0 aliphatic carbocycles. The third kappa shape index (κ3) is 6.85. The molecule has 0 saturated heterocycles. The zero-order chi connectivity index (χ0) is 22.3. The first-order valence-electron chi connectivity index (χ1n) is 9.44. The predicted octanol–water partition coefficient (Wildman–Crippen LogP) is 2.71. The minimum atomic E-state index is -3.62.